The summed E-state index contributed by atoms with van der Waals surface area (Å²) < 4.78 is 13.0. The standard InChI is InChI=1S/C22H26FNO.ClH/c23-21-11-9-19(10-12-21)22(25)20-13-16-24(17-14-20)15-5-4-8-18-6-2-1-3-7-18;/h1-3,6-7,9-12,20H,4-5,8,13-17H2;1H. The van der Waals surface area contributed by atoms with Gasteiger partial charge in [0, 0.05) is 11.5 Å². The molecule has 2 aromatic carbocycles. The van der Waals surface area contributed by atoms with Gasteiger partial charge in [-0.05, 0) is 81.6 Å². The van der Waals surface area contributed by atoms with Gasteiger partial charge in [-0.1, -0.05) is 30.3 Å². The Morgan fingerprint density at radius 1 is 0.962 bits per heavy atom. The van der Waals surface area contributed by atoms with E-state index in [4.69, 9.17) is 0 Å². The quantitative estimate of drug-likeness (QED) is 0.491. The number of hydrogen-bond donors (Lipinski definition) is 0. The van der Waals surface area contributed by atoms with Crippen molar-refractivity contribution < 1.29 is 9.18 Å². The van der Waals surface area contributed by atoms with E-state index in [0.29, 0.717) is 5.56 Å². The van der Waals surface area contributed by atoms with E-state index >= 15 is 0 Å². The Hall–Kier alpha value is -1.71. The maximum Gasteiger partial charge on any atom is 0.166 e. The largest absolute Gasteiger partial charge is 0.303 e. The highest BCUT2D eigenvalue weighted by atomic mass is 35.5. The number of rotatable bonds is 7. The molecule has 0 radical (unpaired) electrons. The summed E-state index contributed by atoms with van der Waals surface area (Å²) in [5, 5.41) is 0. The fourth-order valence-corrected chi connectivity index (χ4v) is 3.58. The van der Waals surface area contributed by atoms with Crippen molar-refractivity contribution in [2.45, 2.75) is 32.1 Å². The number of aryl methyl sites for hydroxylation is 1. The summed E-state index contributed by atoms with van der Waals surface area (Å²) in [6.07, 6.45) is 5.37. The molecule has 1 aliphatic rings. The summed E-state index contributed by atoms with van der Waals surface area (Å²) in [6, 6.07) is 16.6. The Balaban J connectivity index is 0.00000243. The molecule has 0 saturated carbocycles. The van der Waals surface area contributed by atoms with Crippen LogP contribution in [0, 0.1) is 11.7 Å². The van der Waals surface area contributed by atoms with E-state index in [0.717, 1.165) is 38.9 Å². The first-order chi connectivity index (χ1) is 12.2. The van der Waals surface area contributed by atoms with Gasteiger partial charge in [-0.25, -0.2) is 4.39 Å². The number of piperidine rings is 1. The van der Waals surface area contributed by atoms with Crippen molar-refractivity contribution in [3.05, 3.63) is 71.5 Å². The van der Waals surface area contributed by atoms with E-state index in [1.165, 1.54) is 30.5 Å². The van der Waals surface area contributed by atoms with Gasteiger partial charge < -0.3 is 4.90 Å². The molecular formula is C22H27ClFNO. The first-order valence-corrected chi connectivity index (χ1v) is 9.28. The molecule has 0 bridgehead atoms. The summed E-state index contributed by atoms with van der Waals surface area (Å²) in [5.41, 5.74) is 2.05. The number of carbonyl (C=O) groups is 1. The van der Waals surface area contributed by atoms with E-state index in [1.54, 1.807) is 12.1 Å². The third-order valence-electron chi connectivity index (χ3n) is 5.12. The molecule has 4 heteroatoms. The molecule has 140 valence electrons. The molecule has 0 aliphatic carbocycles. The number of nitrogens with zero attached hydrogens (tertiary/aromatic N) is 1. The minimum Gasteiger partial charge on any atom is -0.303 e. The van der Waals surface area contributed by atoms with Crippen LogP contribution >= 0.6 is 12.4 Å². The van der Waals surface area contributed by atoms with Crippen LogP contribution in [0.4, 0.5) is 4.39 Å². The van der Waals surface area contributed by atoms with Crippen LogP contribution in [-0.4, -0.2) is 30.3 Å². The third-order valence-corrected chi connectivity index (χ3v) is 5.12. The number of hydrogen-bond acceptors (Lipinski definition) is 2. The van der Waals surface area contributed by atoms with Gasteiger partial charge in [0.1, 0.15) is 5.82 Å². The fraction of sp³-hybridized carbons (Fsp3) is 0.409. The van der Waals surface area contributed by atoms with E-state index in [-0.39, 0.29) is 29.9 Å². The number of halogens is 2. The highest BCUT2D eigenvalue weighted by molar-refractivity contribution is 5.97. The van der Waals surface area contributed by atoms with Crippen LogP contribution in [-0.2, 0) is 6.42 Å². The molecule has 1 saturated heterocycles. The predicted molar refractivity (Wildman–Crippen MR) is 107 cm³/mol. The van der Waals surface area contributed by atoms with Gasteiger partial charge in [0.2, 0.25) is 0 Å². The van der Waals surface area contributed by atoms with Gasteiger partial charge >= 0.3 is 0 Å². The smallest absolute Gasteiger partial charge is 0.166 e. The number of Topliss-reactive ketones (excluding diaryl/α,β-unsaturated/α-hetero) is 1. The number of likely N-dealkylation sites (tertiary alicyclic amines) is 1. The Bertz CT molecular complexity index is 666. The number of ketones is 1. The topological polar surface area (TPSA) is 20.3 Å². The van der Waals surface area contributed by atoms with E-state index in [1.807, 2.05) is 0 Å². The van der Waals surface area contributed by atoms with Crippen LogP contribution in [0.5, 0.6) is 0 Å². The second kappa shape index (κ2) is 10.4. The van der Waals surface area contributed by atoms with Crippen LogP contribution in [0.25, 0.3) is 0 Å². The molecule has 1 aliphatic heterocycles. The van der Waals surface area contributed by atoms with Gasteiger partial charge in [0.15, 0.2) is 5.78 Å². The molecule has 0 atom stereocenters. The first-order valence-electron chi connectivity index (χ1n) is 9.28. The van der Waals surface area contributed by atoms with E-state index in [9.17, 15) is 9.18 Å². The van der Waals surface area contributed by atoms with Crippen molar-refractivity contribution >= 4 is 18.2 Å². The summed E-state index contributed by atoms with van der Waals surface area (Å²) in [6.45, 7) is 3.09. The summed E-state index contributed by atoms with van der Waals surface area (Å²) in [7, 11) is 0. The zero-order chi connectivity index (χ0) is 17.5. The molecule has 1 heterocycles. The van der Waals surface area contributed by atoms with Crippen LogP contribution in [0.2, 0.25) is 0 Å². The van der Waals surface area contributed by atoms with Gasteiger partial charge in [-0.2, -0.15) is 0 Å². The average molecular weight is 376 g/mol. The fourth-order valence-electron chi connectivity index (χ4n) is 3.58. The number of unbranched alkanes of at least 4 members (excludes halogenated alkanes) is 1. The van der Waals surface area contributed by atoms with Crippen molar-refractivity contribution in [2.75, 3.05) is 19.6 Å². The lowest BCUT2D eigenvalue weighted by Crippen LogP contribution is -2.37. The Kier molecular flexibility index (Phi) is 8.27. The molecule has 0 amide bonds. The van der Waals surface area contributed by atoms with Crippen LogP contribution in [0.3, 0.4) is 0 Å². The molecule has 0 spiro atoms. The minimum absolute atomic E-state index is 0. The second-order valence-corrected chi connectivity index (χ2v) is 6.93. The predicted octanol–water partition coefficient (Wildman–Crippen LogP) is 5.17. The monoisotopic (exact) mass is 375 g/mol. The summed E-state index contributed by atoms with van der Waals surface area (Å²) >= 11 is 0. The van der Waals surface area contributed by atoms with E-state index in [2.05, 4.69) is 35.2 Å². The molecule has 1 fully saturated rings. The molecule has 0 unspecified atom stereocenters. The van der Waals surface area contributed by atoms with E-state index < -0.39 is 0 Å². The maximum atomic E-state index is 13.0. The zero-order valence-electron chi connectivity index (χ0n) is 15.1. The second-order valence-electron chi connectivity index (χ2n) is 6.93. The lowest BCUT2D eigenvalue weighted by Gasteiger charge is -2.31. The molecule has 2 aromatic rings. The molecule has 3 rings (SSSR count). The van der Waals surface area contributed by atoms with Crippen molar-refractivity contribution in [3.63, 3.8) is 0 Å². The summed E-state index contributed by atoms with van der Waals surface area (Å²) in [4.78, 5) is 15.0. The maximum absolute atomic E-state index is 13.0. The van der Waals surface area contributed by atoms with Crippen molar-refractivity contribution in [3.8, 4) is 0 Å². The van der Waals surface area contributed by atoms with Crippen LogP contribution in [0.1, 0.15) is 41.6 Å². The Morgan fingerprint density at radius 2 is 1.62 bits per heavy atom. The van der Waals surface area contributed by atoms with Crippen molar-refractivity contribution in [1.29, 1.82) is 0 Å². The molecule has 0 aromatic heterocycles. The van der Waals surface area contributed by atoms with Crippen LogP contribution < -0.4 is 0 Å². The molecule has 26 heavy (non-hydrogen) atoms. The zero-order valence-corrected chi connectivity index (χ0v) is 15.9. The molecule has 2 nitrogen and oxygen atoms in total. The third kappa shape index (κ3) is 5.93. The highest BCUT2D eigenvalue weighted by Crippen LogP contribution is 2.22. The molecular weight excluding hydrogens is 349 g/mol. The van der Waals surface area contributed by atoms with Gasteiger partial charge in [-0.3, -0.25) is 4.79 Å². The van der Waals surface area contributed by atoms with Gasteiger partial charge in [0.05, 0.1) is 0 Å². The van der Waals surface area contributed by atoms with Gasteiger partial charge in [-0.15, -0.1) is 12.4 Å². The Labute approximate surface area is 161 Å². The van der Waals surface area contributed by atoms with Crippen molar-refractivity contribution in [1.82, 2.24) is 4.90 Å². The molecule has 0 N–H and O–H groups in total. The summed E-state index contributed by atoms with van der Waals surface area (Å²) in [5.74, 6) is -0.0309. The normalized spacial score (nSPS) is 15.4. The lowest BCUT2D eigenvalue weighted by molar-refractivity contribution is 0.0839. The lowest BCUT2D eigenvalue weighted by atomic mass is 9.89. The van der Waals surface area contributed by atoms with Crippen molar-refractivity contribution in [2.24, 2.45) is 5.92 Å². The highest BCUT2D eigenvalue weighted by Gasteiger charge is 2.25. The first kappa shape index (κ1) is 20.6. The average Bonchev–Trinajstić information content (AvgIpc) is 2.67. The SMILES string of the molecule is Cl.O=C(c1ccc(F)cc1)C1CCN(CCCCc2ccccc2)CC1. The number of benzene rings is 2. The van der Waals surface area contributed by atoms with Crippen LogP contribution in [0.15, 0.2) is 54.6 Å². The Morgan fingerprint density at radius 3 is 2.27 bits per heavy atom. The minimum atomic E-state index is -0.290. The number of carbonyl (C=O) groups excluding carboxylic acids is 1. The van der Waals surface area contributed by atoms with Gasteiger partial charge in [0.25, 0.3) is 0 Å².